The van der Waals surface area contributed by atoms with Gasteiger partial charge < -0.3 is 19.7 Å². The summed E-state index contributed by atoms with van der Waals surface area (Å²) in [7, 11) is 0. The minimum absolute atomic E-state index is 0.190. The molecule has 0 saturated carbocycles. The van der Waals surface area contributed by atoms with Crippen molar-refractivity contribution in [1.82, 2.24) is 0 Å². The van der Waals surface area contributed by atoms with Crippen LogP contribution in [0.1, 0.15) is 20.8 Å². The van der Waals surface area contributed by atoms with Gasteiger partial charge in [0.05, 0.1) is 25.4 Å². The molecule has 6 heteroatoms. The lowest BCUT2D eigenvalue weighted by Crippen LogP contribution is -2.58. The molecule has 3 atom stereocenters. The van der Waals surface area contributed by atoms with Gasteiger partial charge in [-0.05, 0) is 20.8 Å². The quantitative estimate of drug-likeness (QED) is 0.400. The van der Waals surface area contributed by atoms with Crippen molar-refractivity contribution in [2.24, 2.45) is 11.5 Å². The van der Waals surface area contributed by atoms with E-state index in [2.05, 4.69) is 0 Å². The molecule has 92 valence electrons. The summed E-state index contributed by atoms with van der Waals surface area (Å²) in [6, 6.07) is 0. The van der Waals surface area contributed by atoms with Gasteiger partial charge >= 0.3 is 0 Å². The van der Waals surface area contributed by atoms with Gasteiger partial charge in [0.15, 0.2) is 5.85 Å². The Morgan fingerprint density at radius 2 is 1.67 bits per heavy atom. The Hall–Kier alpha value is -0.240. The lowest BCUT2D eigenvalue weighted by molar-refractivity contribution is -0.120. The lowest BCUT2D eigenvalue weighted by atomic mass is 10.3. The van der Waals surface area contributed by atoms with E-state index in [-0.39, 0.29) is 19.3 Å². The zero-order chi connectivity index (χ0) is 12.1. The molecule has 0 aromatic carbocycles. The fourth-order valence-corrected chi connectivity index (χ4v) is 0.765. The van der Waals surface area contributed by atoms with Crippen LogP contribution in [-0.2, 0) is 9.47 Å². The third kappa shape index (κ3) is 7.66. The highest BCUT2D eigenvalue weighted by atomic mass is 16.5. The van der Waals surface area contributed by atoms with Gasteiger partial charge in [-0.15, -0.1) is 0 Å². The smallest absolute Gasteiger partial charge is 0.193 e. The van der Waals surface area contributed by atoms with E-state index in [1.54, 1.807) is 20.8 Å². The second-order valence-corrected chi connectivity index (χ2v) is 3.86. The molecule has 0 heterocycles. The monoisotopic (exact) mass is 222 g/mol. The molecule has 0 aromatic rings. The van der Waals surface area contributed by atoms with E-state index in [4.69, 9.17) is 31.2 Å². The predicted molar refractivity (Wildman–Crippen MR) is 55.8 cm³/mol. The zero-order valence-electron chi connectivity index (χ0n) is 9.51. The maximum absolute atomic E-state index is 9.17. The van der Waals surface area contributed by atoms with E-state index < -0.39 is 18.1 Å². The number of nitrogens with two attached hydrogens (primary N) is 2. The van der Waals surface area contributed by atoms with Gasteiger partial charge in [-0.25, -0.2) is 0 Å². The second-order valence-electron chi connectivity index (χ2n) is 3.86. The number of hydrogen-bond donors (Lipinski definition) is 4. The number of aliphatic hydroxyl groups excluding tert-OH is 1. The van der Waals surface area contributed by atoms with Crippen LogP contribution in [0.4, 0.5) is 0 Å². The molecule has 15 heavy (non-hydrogen) atoms. The average molecular weight is 222 g/mol. The third-order valence-electron chi connectivity index (χ3n) is 1.85. The van der Waals surface area contributed by atoms with Crippen LogP contribution in [0.3, 0.4) is 0 Å². The number of hydrogen-bond acceptors (Lipinski definition) is 6. The molecule has 0 aliphatic rings. The molecule has 0 bridgehead atoms. The van der Waals surface area contributed by atoms with Crippen molar-refractivity contribution >= 4 is 0 Å². The maximum atomic E-state index is 9.17. The topological polar surface area (TPSA) is 111 Å². The van der Waals surface area contributed by atoms with Gasteiger partial charge in [0.2, 0.25) is 0 Å². The number of rotatable bonds is 7. The Morgan fingerprint density at radius 1 is 1.13 bits per heavy atom. The molecule has 0 saturated heterocycles. The lowest BCUT2D eigenvalue weighted by Gasteiger charge is -2.26. The number of ether oxygens (including phenoxy) is 2. The van der Waals surface area contributed by atoms with Gasteiger partial charge in [0.1, 0.15) is 6.10 Å². The van der Waals surface area contributed by atoms with E-state index >= 15 is 0 Å². The first-order valence-electron chi connectivity index (χ1n) is 4.95. The van der Waals surface area contributed by atoms with Gasteiger partial charge in [-0.1, -0.05) is 0 Å². The van der Waals surface area contributed by atoms with Gasteiger partial charge in [-0.2, -0.15) is 0 Å². The van der Waals surface area contributed by atoms with E-state index in [0.29, 0.717) is 0 Å². The molecule has 0 fully saturated rings. The zero-order valence-corrected chi connectivity index (χ0v) is 9.51. The number of aliphatic hydroxyl groups is 2. The molecule has 0 aliphatic heterocycles. The minimum Gasteiger partial charge on any atom is -0.391 e. The molecule has 3 unspecified atom stereocenters. The maximum Gasteiger partial charge on any atom is 0.193 e. The average Bonchev–Trinajstić information content (AvgIpc) is 2.09. The molecule has 0 spiro atoms. The van der Waals surface area contributed by atoms with Crippen LogP contribution in [0.2, 0.25) is 0 Å². The largest absolute Gasteiger partial charge is 0.391 e. The summed E-state index contributed by atoms with van der Waals surface area (Å²) in [5.41, 5.74) is 10.4. The molecular weight excluding hydrogens is 200 g/mol. The third-order valence-corrected chi connectivity index (χ3v) is 1.85. The summed E-state index contributed by atoms with van der Waals surface area (Å²) < 4.78 is 10.4. The van der Waals surface area contributed by atoms with Crippen molar-refractivity contribution in [2.45, 2.75) is 44.9 Å². The van der Waals surface area contributed by atoms with Crippen LogP contribution < -0.4 is 11.5 Å². The Balaban J connectivity index is 3.66. The predicted octanol–water partition coefficient (Wildman–Crippen LogP) is -1.26. The van der Waals surface area contributed by atoms with Crippen molar-refractivity contribution in [1.29, 1.82) is 0 Å². The Bertz CT molecular complexity index is 170. The van der Waals surface area contributed by atoms with Crippen molar-refractivity contribution in [3.05, 3.63) is 0 Å². The van der Waals surface area contributed by atoms with E-state index in [0.717, 1.165) is 0 Å². The van der Waals surface area contributed by atoms with E-state index in [1.807, 2.05) is 0 Å². The van der Waals surface area contributed by atoms with Crippen LogP contribution in [0.25, 0.3) is 0 Å². The van der Waals surface area contributed by atoms with Crippen LogP contribution in [0.5, 0.6) is 0 Å². The molecule has 0 aromatic heterocycles. The standard InChI is InChI=1S/C9H22N2O4/c1-6(12)4-14-7(2)5-15-8(3)9(10,11)13/h6-8,12-13H,4-5,10-11H2,1-3H3. The fraction of sp³-hybridized carbons (Fsp3) is 1.00. The van der Waals surface area contributed by atoms with E-state index in [9.17, 15) is 0 Å². The van der Waals surface area contributed by atoms with Gasteiger partial charge in [-0.3, -0.25) is 11.5 Å². The highest BCUT2D eigenvalue weighted by Crippen LogP contribution is 2.03. The summed E-state index contributed by atoms with van der Waals surface area (Å²) >= 11 is 0. The van der Waals surface area contributed by atoms with Crippen molar-refractivity contribution in [2.75, 3.05) is 13.2 Å². The highest BCUT2D eigenvalue weighted by Gasteiger charge is 2.25. The first kappa shape index (κ1) is 14.8. The van der Waals surface area contributed by atoms with Gasteiger partial charge in [0.25, 0.3) is 0 Å². The highest BCUT2D eigenvalue weighted by molar-refractivity contribution is 4.70. The first-order valence-corrected chi connectivity index (χ1v) is 4.95. The Kier molecular flexibility index (Phi) is 6.26. The van der Waals surface area contributed by atoms with Crippen LogP contribution >= 0.6 is 0 Å². The summed E-state index contributed by atoms with van der Waals surface area (Å²) in [5, 5.41) is 18.1. The first-order chi connectivity index (χ1) is 6.73. The summed E-state index contributed by atoms with van der Waals surface area (Å²) in [4.78, 5) is 0. The Morgan fingerprint density at radius 3 is 2.07 bits per heavy atom. The summed E-state index contributed by atoms with van der Waals surface area (Å²) in [5.74, 6) is -1.84. The minimum atomic E-state index is -1.84. The Labute approximate surface area is 90.2 Å². The van der Waals surface area contributed by atoms with Crippen LogP contribution in [0.15, 0.2) is 0 Å². The molecule has 6 nitrogen and oxygen atoms in total. The molecule has 0 rings (SSSR count). The molecule has 0 radical (unpaired) electrons. The molecular formula is C9H22N2O4. The van der Waals surface area contributed by atoms with Crippen LogP contribution in [0, 0.1) is 0 Å². The van der Waals surface area contributed by atoms with Crippen molar-refractivity contribution in [3.8, 4) is 0 Å². The molecule has 6 N–H and O–H groups in total. The molecule has 0 amide bonds. The van der Waals surface area contributed by atoms with Crippen molar-refractivity contribution < 1.29 is 19.7 Å². The molecule has 0 aliphatic carbocycles. The van der Waals surface area contributed by atoms with Crippen LogP contribution in [-0.4, -0.2) is 47.6 Å². The summed E-state index contributed by atoms with van der Waals surface area (Å²) in [6.45, 7) is 5.50. The second kappa shape index (κ2) is 6.37. The van der Waals surface area contributed by atoms with Gasteiger partial charge in [0, 0.05) is 0 Å². The summed E-state index contributed by atoms with van der Waals surface area (Å²) in [6.07, 6.45) is -1.38. The SMILES string of the molecule is CC(O)COC(C)COC(C)C(N)(N)O. The fourth-order valence-electron chi connectivity index (χ4n) is 0.765. The van der Waals surface area contributed by atoms with E-state index in [1.165, 1.54) is 0 Å². The van der Waals surface area contributed by atoms with Crippen molar-refractivity contribution in [3.63, 3.8) is 0 Å². The normalized spacial score (nSPS) is 18.6.